The van der Waals surface area contributed by atoms with E-state index in [9.17, 15) is 4.79 Å². The predicted octanol–water partition coefficient (Wildman–Crippen LogP) is 5.01. The molecule has 26 heavy (non-hydrogen) atoms. The highest BCUT2D eigenvalue weighted by Gasteiger charge is 2.11. The van der Waals surface area contributed by atoms with Crippen LogP contribution in [-0.2, 0) is 11.2 Å². The lowest BCUT2D eigenvalue weighted by atomic mass is 10.1. The first-order valence-corrected chi connectivity index (χ1v) is 9.48. The minimum absolute atomic E-state index is 0.0535. The number of aryl methyl sites for hydroxylation is 1. The summed E-state index contributed by atoms with van der Waals surface area (Å²) in [6.45, 7) is 6.66. The van der Waals surface area contributed by atoms with Crippen LogP contribution in [0.15, 0.2) is 47.8 Å². The number of carbonyl (C=O) groups excluding carboxylic acids is 1. The van der Waals surface area contributed by atoms with Gasteiger partial charge >= 0.3 is 0 Å². The fourth-order valence-corrected chi connectivity index (χ4v) is 3.45. The third-order valence-corrected chi connectivity index (χ3v) is 5.12. The Morgan fingerprint density at radius 1 is 1.15 bits per heavy atom. The SMILES string of the molecule is CCOc1ccc(-c2nc(CC(=O)Nc3cccc(C)c3C)cs2)cc1. The van der Waals surface area contributed by atoms with Gasteiger partial charge in [-0.1, -0.05) is 12.1 Å². The number of nitrogens with one attached hydrogen (secondary N) is 1. The molecule has 0 saturated carbocycles. The molecule has 0 aliphatic rings. The molecule has 2 aromatic carbocycles. The Bertz CT molecular complexity index is 901. The van der Waals surface area contributed by atoms with Gasteiger partial charge in [0, 0.05) is 16.6 Å². The van der Waals surface area contributed by atoms with E-state index in [-0.39, 0.29) is 12.3 Å². The van der Waals surface area contributed by atoms with Crippen molar-refractivity contribution in [3.8, 4) is 16.3 Å². The molecular weight excluding hydrogens is 344 g/mol. The van der Waals surface area contributed by atoms with Crippen LogP contribution in [0.2, 0.25) is 0 Å². The Hall–Kier alpha value is -2.66. The quantitative estimate of drug-likeness (QED) is 0.667. The number of amides is 1. The van der Waals surface area contributed by atoms with Crippen LogP contribution in [0.3, 0.4) is 0 Å². The highest BCUT2D eigenvalue weighted by Crippen LogP contribution is 2.26. The van der Waals surface area contributed by atoms with E-state index in [4.69, 9.17) is 4.74 Å². The molecule has 1 aromatic heterocycles. The van der Waals surface area contributed by atoms with Crippen molar-refractivity contribution in [2.75, 3.05) is 11.9 Å². The van der Waals surface area contributed by atoms with Crippen molar-refractivity contribution in [2.24, 2.45) is 0 Å². The van der Waals surface area contributed by atoms with E-state index in [0.717, 1.165) is 38.8 Å². The van der Waals surface area contributed by atoms with Crippen molar-refractivity contribution in [1.29, 1.82) is 0 Å². The fourth-order valence-electron chi connectivity index (χ4n) is 2.63. The summed E-state index contributed by atoms with van der Waals surface area (Å²) in [4.78, 5) is 16.9. The number of hydrogen-bond donors (Lipinski definition) is 1. The molecule has 0 bridgehead atoms. The van der Waals surface area contributed by atoms with Gasteiger partial charge in [-0.2, -0.15) is 0 Å². The topological polar surface area (TPSA) is 51.2 Å². The summed E-state index contributed by atoms with van der Waals surface area (Å²) < 4.78 is 5.46. The third kappa shape index (κ3) is 4.29. The molecule has 5 heteroatoms. The average Bonchev–Trinajstić information content (AvgIpc) is 3.08. The van der Waals surface area contributed by atoms with Gasteiger partial charge in [-0.05, 0) is 62.2 Å². The van der Waals surface area contributed by atoms with Crippen LogP contribution >= 0.6 is 11.3 Å². The van der Waals surface area contributed by atoms with E-state index in [1.54, 1.807) is 11.3 Å². The summed E-state index contributed by atoms with van der Waals surface area (Å²) >= 11 is 1.54. The number of rotatable bonds is 6. The number of nitrogens with zero attached hydrogens (tertiary/aromatic N) is 1. The Morgan fingerprint density at radius 2 is 1.92 bits per heavy atom. The molecule has 1 amide bonds. The molecule has 0 saturated heterocycles. The van der Waals surface area contributed by atoms with Gasteiger partial charge in [0.15, 0.2) is 0 Å². The Balaban J connectivity index is 1.66. The van der Waals surface area contributed by atoms with Crippen LogP contribution in [0.4, 0.5) is 5.69 Å². The smallest absolute Gasteiger partial charge is 0.230 e. The lowest BCUT2D eigenvalue weighted by molar-refractivity contribution is -0.115. The lowest BCUT2D eigenvalue weighted by Crippen LogP contribution is -2.15. The normalized spacial score (nSPS) is 10.6. The first-order chi connectivity index (χ1) is 12.6. The highest BCUT2D eigenvalue weighted by molar-refractivity contribution is 7.13. The molecule has 0 unspecified atom stereocenters. The van der Waals surface area contributed by atoms with Crippen molar-refractivity contribution in [3.05, 3.63) is 64.7 Å². The van der Waals surface area contributed by atoms with E-state index in [1.807, 2.05) is 68.6 Å². The fraction of sp³-hybridized carbons (Fsp3) is 0.238. The van der Waals surface area contributed by atoms with Crippen molar-refractivity contribution >= 4 is 22.9 Å². The second-order valence-corrected chi connectivity index (χ2v) is 6.93. The van der Waals surface area contributed by atoms with E-state index >= 15 is 0 Å². The molecule has 0 atom stereocenters. The summed E-state index contributed by atoms with van der Waals surface area (Å²) in [6, 6.07) is 13.8. The number of ether oxygens (including phenoxy) is 1. The first kappa shape index (κ1) is 18.1. The molecule has 4 nitrogen and oxygen atoms in total. The summed E-state index contributed by atoms with van der Waals surface area (Å²) in [6.07, 6.45) is 0.265. The van der Waals surface area contributed by atoms with Crippen LogP contribution in [-0.4, -0.2) is 17.5 Å². The Morgan fingerprint density at radius 3 is 2.65 bits per heavy atom. The summed E-state index contributed by atoms with van der Waals surface area (Å²) in [5.74, 6) is 0.795. The number of anilines is 1. The molecule has 0 aliphatic heterocycles. The number of carbonyl (C=O) groups is 1. The second-order valence-electron chi connectivity index (χ2n) is 6.07. The van der Waals surface area contributed by atoms with Gasteiger partial charge in [0.25, 0.3) is 0 Å². The van der Waals surface area contributed by atoms with Crippen LogP contribution in [0.1, 0.15) is 23.7 Å². The van der Waals surface area contributed by atoms with Crippen molar-refractivity contribution in [3.63, 3.8) is 0 Å². The van der Waals surface area contributed by atoms with Gasteiger partial charge in [0.1, 0.15) is 10.8 Å². The van der Waals surface area contributed by atoms with Crippen LogP contribution in [0.5, 0.6) is 5.75 Å². The maximum absolute atomic E-state index is 12.3. The number of hydrogen-bond acceptors (Lipinski definition) is 4. The molecule has 1 N–H and O–H groups in total. The molecule has 0 spiro atoms. The Kier molecular flexibility index (Phi) is 5.68. The number of thiazole rings is 1. The van der Waals surface area contributed by atoms with E-state index in [2.05, 4.69) is 10.3 Å². The van der Waals surface area contributed by atoms with Crippen molar-refractivity contribution in [2.45, 2.75) is 27.2 Å². The second kappa shape index (κ2) is 8.15. The van der Waals surface area contributed by atoms with Crippen LogP contribution in [0.25, 0.3) is 10.6 Å². The molecule has 1 heterocycles. The van der Waals surface area contributed by atoms with E-state index in [1.165, 1.54) is 0 Å². The van der Waals surface area contributed by atoms with Gasteiger partial charge in [-0.25, -0.2) is 4.98 Å². The van der Waals surface area contributed by atoms with Gasteiger partial charge in [-0.3, -0.25) is 4.79 Å². The predicted molar refractivity (Wildman–Crippen MR) is 107 cm³/mol. The minimum atomic E-state index is -0.0535. The molecule has 3 rings (SSSR count). The van der Waals surface area contributed by atoms with Gasteiger partial charge in [0.2, 0.25) is 5.91 Å². The zero-order valence-corrected chi connectivity index (χ0v) is 16.0. The minimum Gasteiger partial charge on any atom is -0.494 e. The lowest BCUT2D eigenvalue weighted by Gasteiger charge is -2.09. The van der Waals surface area contributed by atoms with Crippen molar-refractivity contribution < 1.29 is 9.53 Å². The maximum Gasteiger partial charge on any atom is 0.230 e. The summed E-state index contributed by atoms with van der Waals surface area (Å²) in [5.41, 5.74) is 4.92. The number of benzene rings is 2. The largest absolute Gasteiger partial charge is 0.494 e. The molecule has 134 valence electrons. The zero-order chi connectivity index (χ0) is 18.5. The van der Waals surface area contributed by atoms with E-state index in [0.29, 0.717) is 6.61 Å². The average molecular weight is 366 g/mol. The monoisotopic (exact) mass is 366 g/mol. The highest BCUT2D eigenvalue weighted by atomic mass is 32.1. The summed E-state index contributed by atoms with van der Waals surface area (Å²) in [5, 5.41) is 5.82. The van der Waals surface area contributed by atoms with Gasteiger partial charge in [0.05, 0.1) is 18.7 Å². The zero-order valence-electron chi connectivity index (χ0n) is 15.2. The molecule has 0 fully saturated rings. The standard InChI is InChI=1S/C21H22N2O2S/c1-4-25-18-10-8-16(9-11-18)21-22-17(13-26-21)12-20(24)23-19-7-5-6-14(2)15(19)3/h5-11,13H,4,12H2,1-3H3,(H,23,24). The van der Waals surface area contributed by atoms with Crippen molar-refractivity contribution in [1.82, 2.24) is 4.98 Å². The third-order valence-electron chi connectivity index (χ3n) is 4.18. The Labute approximate surface area is 157 Å². The molecule has 0 aliphatic carbocycles. The number of aromatic nitrogens is 1. The molecular formula is C21H22N2O2S. The summed E-state index contributed by atoms with van der Waals surface area (Å²) in [7, 11) is 0. The first-order valence-electron chi connectivity index (χ1n) is 8.60. The molecule has 0 radical (unpaired) electrons. The van der Waals surface area contributed by atoms with Gasteiger partial charge < -0.3 is 10.1 Å². The van der Waals surface area contributed by atoms with E-state index < -0.39 is 0 Å². The van der Waals surface area contributed by atoms with Crippen LogP contribution in [0, 0.1) is 13.8 Å². The maximum atomic E-state index is 12.3. The van der Waals surface area contributed by atoms with Crippen LogP contribution < -0.4 is 10.1 Å². The van der Waals surface area contributed by atoms with Gasteiger partial charge in [-0.15, -0.1) is 11.3 Å². The molecule has 3 aromatic rings.